The lowest BCUT2D eigenvalue weighted by atomic mass is 10.3. The molecule has 17 heavy (non-hydrogen) atoms. The SMILES string of the molecule is O=C(O)CS(=O)(=O)NCC(=O)N1CCNCC1. The summed E-state index contributed by atoms with van der Waals surface area (Å²) in [6.07, 6.45) is 0. The van der Waals surface area contributed by atoms with E-state index in [4.69, 9.17) is 5.11 Å². The summed E-state index contributed by atoms with van der Waals surface area (Å²) in [5, 5.41) is 11.4. The van der Waals surface area contributed by atoms with E-state index in [9.17, 15) is 18.0 Å². The van der Waals surface area contributed by atoms with Gasteiger partial charge >= 0.3 is 5.97 Å². The second kappa shape index (κ2) is 5.94. The van der Waals surface area contributed by atoms with Crippen molar-refractivity contribution in [3.63, 3.8) is 0 Å². The minimum absolute atomic E-state index is 0.347. The van der Waals surface area contributed by atoms with Gasteiger partial charge < -0.3 is 15.3 Å². The lowest BCUT2D eigenvalue weighted by molar-refractivity contribution is -0.134. The molecule has 0 spiro atoms. The van der Waals surface area contributed by atoms with Crippen LogP contribution in [0.4, 0.5) is 0 Å². The minimum Gasteiger partial charge on any atom is -0.480 e. The molecule has 8 nitrogen and oxygen atoms in total. The maximum atomic E-state index is 11.6. The molecule has 0 radical (unpaired) electrons. The van der Waals surface area contributed by atoms with E-state index in [1.165, 1.54) is 4.90 Å². The summed E-state index contributed by atoms with van der Waals surface area (Å²) in [6, 6.07) is 0. The molecule has 0 aromatic heterocycles. The average molecular weight is 265 g/mol. The Balaban J connectivity index is 2.39. The van der Waals surface area contributed by atoms with Gasteiger partial charge in [0.15, 0.2) is 5.75 Å². The molecule has 1 aliphatic rings. The molecule has 1 amide bonds. The van der Waals surface area contributed by atoms with Crippen molar-refractivity contribution in [3.05, 3.63) is 0 Å². The summed E-state index contributed by atoms with van der Waals surface area (Å²) in [7, 11) is -3.93. The Bertz CT molecular complexity index is 388. The van der Waals surface area contributed by atoms with Crippen LogP contribution in [-0.2, 0) is 19.6 Å². The van der Waals surface area contributed by atoms with Crippen LogP contribution in [0.5, 0.6) is 0 Å². The summed E-state index contributed by atoms with van der Waals surface area (Å²) in [4.78, 5) is 23.3. The van der Waals surface area contributed by atoms with Gasteiger partial charge in [-0.1, -0.05) is 0 Å². The summed E-state index contributed by atoms with van der Waals surface area (Å²) in [5.41, 5.74) is 0. The first-order valence-corrected chi connectivity index (χ1v) is 6.73. The number of sulfonamides is 1. The van der Waals surface area contributed by atoms with Crippen LogP contribution in [-0.4, -0.2) is 68.8 Å². The van der Waals surface area contributed by atoms with Gasteiger partial charge in [0, 0.05) is 26.2 Å². The van der Waals surface area contributed by atoms with Crippen LogP contribution in [0.1, 0.15) is 0 Å². The Hall–Kier alpha value is -1.19. The third kappa shape index (κ3) is 5.11. The first-order valence-electron chi connectivity index (χ1n) is 5.08. The molecule has 1 heterocycles. The zero-order chi connectivity index (χ0) is 12.9. The van der Waals surface area contributed by atoms with E-state index in [0.717, 1.165) is 0 Å². The van der Waals surface area contributed by atoms with Crippen molar-refractivity contribution in [1.82, 2.24) is 14.9 Å². The number of carboxylic acids is 1. The molecule has 3 N–H and O–H groups in total. The van der Waals surface area contributed by atoms with Gasteiger partial charge in [0.1, 0.15) is 0 Å². The predicted octanol–water partition coefficient (Wildman–Crippen LogP) is -2.58. The topological polar surface area (TPSA) is 116 Å². The van der Waals surface area contributed by atoms with Gasteiger partial charge in [-0.2, -0.15) is 0 Å². The summed E-state index contributed by atoms with van der Waals surface area (Å²) in [5.74, 6) is -2.82. The van der Waals surface area contributed by atoms with Crippen LogP contribution in [0.2, 0.25) is 0 Å². The van der Waals surface area contributed by atoms with Crippen molar-refractivity contribution in [3.8, 4) is 0 Å². The van der Waals surface area contributed by atoms with Crippen molar-refractivity contribution >= 4 is 21.9 Å². The van der Waals surface area contributed by atoms with Crippen molar-refractivity contribution in [2.24, 2.45) is 0 Å². The second-order valence-electron chi connectivity index (χ2n) is 3.60. The first kappa shape index (κ1) is 13.9. The zero-order valence-electron chi connectivity index (χ0n) is 9.18. The van der Waals surface area contributed by atoms with Gasteiger partial charge in [-0.25, -0.2) is 13.1 Å². The lowest BCUT2D eigenvalue weighted by Gasteiger charge is -2.27. The Morgan fingerprint density at radius 2 is 1.88 bits per heavy atom. The molecular formula is C8H15N3O5S. The van der Waals surface area contributed by atoms with Gasteiger partial charge in [-0.3, -0.25) is 9.59 Å². The summed E-state index contributed by atoms with van der Waals surface area (Å²) < 4.78 is 24.3. The number of nitrogens with one attached hydrogen (secondary N) is 2. The average Bonchev–Trinajstić information content (AvgIpc) is 2.25. The molecule has 0 unspecified atom stereocenters. The number of carbonyl (C=O) groups is 2. The van der Waals surface area contributed by atoms with Crippen LogP contribution < -0.4 is 10.0 Å². The number of hydrogen-bond donors (Lipinski definition) is 3. The number of hydrogen-bond acceptors (Lipinski definition) is 5. The number of amides is 1. The number of piperazine rings is 1. The van der Waals surface area contributed by atoms with E-state index < -0.39 is 28.3 Å². The molecule has 9 heteroatoms. The second-order valence-corrected chi connectivity index (χ2v) is 5.41. The molecule has 0 aromatic carbocycles. The number of rotatable bonds is 5. The fraction of sp³-hybridized carbons (Fsp3) is 0.750. The van der Waals surface area contributed by atoms with Crippen molar-refractivity contribution in [2.45, 2.75) is 0 Å². The van der Waals surface area contributed by atoms with Crippen LogP contribution in [0, 0.1) is 0 Å². The summed E-state index contributed by atoms with van der Waals surface area (Å²) in [6.45, 7) is 2.01. The Morgan fingerprint density at radius 3 is 2.41 bits per heavy atom. The van der Waals surface area contributed by atoms with Crippen LogP contribution in [0.15, 0.2) is 0 Å². The van der Waals surface area contributed by atoms with E-state index in [-0.39, 0.29) is 5.91 Å². The molecule has 1 fully saturated rings. The molecule has 0 atom stereocenters. The van der Waals surface area contributed by atoms with Crippen LogP contribution >= 0.6 is 0 Å². The monoisotopic (exact) mass is 265 g/mol. The minimum atomic E-state index is -3.93. The normalized spacial score (nSPS) is 16.8. The largest absolute Gasteiger partial charge is 0.480 e. The van der Waals surface area contributed by atoms with E-state index in [0.29, 0.717) is 26.2 Å². The molecule has 98 valence electrons. The highest BCUT2D eigenvalue weighted by molar-refractivity contribution is 7.90. The standard InChI is InChI=1S/C8H15N3O5S/c12-7(11-3-1-9-2-4-11)5-10-17(15,16)6-8(13)14/h9-10H,1-6H2,(H,13,14). The zero-order valence-corrected chi connectivity index (χ0v) is 9.99. The molecule has 1 rings (SSSR count). The first-order chi connectivity index (χ1) is 7.91. The number of carbonyl (C=O) groups excluding carboxylic acids is 1. The Morgan fingerprint density at radius 1 is 1.29 bits per heavy atom. The van der Waals surface area contributed by atoms with Gasteiger partial charge in [0.2, 0.25) is 15.9 Å². The third-order valence-corrected chi connectivity index (χ3v) is 3.44. The molecule has 0 aromatic rings. The highest BCUT2D eigenvalue weighted by atomic mass is 32.2. The molecule has 0 aliphatic carbocycles. The van der Waals surface area contributed by atoms with Crippen LogP contribution in [0.25, 0.3) is 0 Å². The van der Waals surface area contributed by atoms with Crippen molar-refractivity contribution < 1.29 is 23.1 Å². The van der Waals surface area contributed by atoms with Gasteiger partial charge in [0.05, 0.1) is 6.54 Å². The molecule has 1 saturated heterocycles. The van der Waals surface area contributed by atoms with E-state index in [2.05, 4.69) is 5.32 Å². The molecule has 0 saturated carbocycles. The highest BCUT2D eigenvalue weighted by Gasteiger charge is 2.20. The molecule has 1 aliphatic heterocycles. The van der Waals surface area contributed by atoms with Gasteiger partial charge in [-0.05, 0) is 0 Å². The fourth-order valence-corrected chi connectivity index (χ4v) is 2.18. The summed E-state index contributed by atoms with van der Waals surface area (Å²) >= 11 is 0. The Labute approximate surface area is 99.0 Å². The fourth-order valence-electron chi connectivity index (χ4n) is 1.41. The Kier molecular flexibility index (Phi) is 4.85. The van der Waals surface area contributed by atoms with Gasteiger partial charge in [-0.15, -0.1) is 0 Å². The van der Waals surface area contributed by atoms with Gasteiger partial charge in [0.25, 0.3) is 0 Å². The highest BCUT2D eigenvalue weighted by Crippen LogP contribution is 1.93. The number of aliphatic carboxylic acids is 1. The van der Waals surface area contributed by atoms with Crippen molar-refractivity contribution in [1.29, 1.82) is 0 Å². The number of carboxylic acid groups (broad SMARTS) is 1. The molecular weight excluding hydrogens is 250 g/mol. The van der Waals surface area contributed by atoms with E-state index in [1.54, 1.807) is 0 Å². The third-order valence-electron chi connectivity index (χ3n) is 2.23. The predicted molar refractivity (Wildman–Crippen MR) is 58.9 cm³/mol. The molecule has 0 bridgehead atoms. The van der Waals surface area contributed by atoms with Crippen LogP contribution in [0.3, 0.4) is 0 Å². The lowest BCUT2D eigenvalue weighted by Crippen LogP contribution is -2.49. The van der Waals surface area contributed by atoms with Crippen molar-refractivity contribution in [2.75, 3.05) is 38.5 Å². The number of nitrogens with zero attached hydrogens (tertiary/aromatic N) is 1. The smallest absolute Gasteiger partial charge is 0.320 e. The quantitative estimate of drug-likeness (QED) is 0.503. The maximum Gasteiger partial charge on any atom is 0.320 e. The maximum absolute atomic E-state index is 11.6. The van der Waals surface area contributed by atoms with E-state index >= 15 is 0 Å². The van der Waals surface area contributed by atoms with E-state index in [1.807, 2.05) is 4.72 Å².